The minimum atomic E-state index is -3.07. The number of nitrogens with zero attached hydrogens (tertiary/aromatic N) is 2. The van der Waals surface area contributed by atoms with Crippen molar-refractivity contribution in [3.05, 3.63) is 71.9 Å². The van der Waals surface area contributed by atoms with E-state index in [9.17, 15) is 13.2 Å². The Morgan fingerprint density at radius 1 is 1.16 bits per heavy atom. The molecule has 0 saturated carbocycles. The van der Waals surface area contributed by atoms with Gasteiger partial charge in [-0.25, -0.2) is 8.42 Å². The molecule has 0 unspecified atom stereocenters. The third kappa shape index (κ3) is 4.96. The predicted octanol–water partition coefficient (Wildman–Crippen LogP) is 2.89. The zero-order valence-corrected chi connectivity index (χ0v) is 18.1. The SMILES string of the molecule is COc1ccc(CCNC(=O)c2cc(-c3ccccc3)n([C@@H]3CCS(=O)(=O)C3)n2)cc1. The molecule has 7 nitrogen and oxygen atoms in total. The van der Waals surface area contributed by atoms with Crippen LogP contribution < -0.4 is 10.1 Å². The van der Waals surface area contributed by atoms with Gasteiger partial charge in [-0.2, -0.15) is 5.10 Å². The average Bonchev–Trinajstić information content (AvgIpc) is 3.38. The molecule has 1 saturated heterocycles. The highest BCUT2D eigenvalue weighted by molar-refractivity contribution is 7.91. The molecule has 8 heteroatoms. The molecule has 0 spiro atoms. The van der Waals surface area contributed by atoms with Crippen molar-refractivity contribution in [1.82, 2.24) is 15.1 Å². The fraction of sp³-hybridized carbons (Fsp3) is 0.304. The molecular formula is C23H25N3O4S. The molecule has 1 amide bonds. The van der Waals surface area contributed by atoms with Gasteiger partial charge in [-0.3, -0.25) is 9.48 Å². The molecule has 31 heavy (non-hydrogen) atoms. The van der Waals surface area contributed by atoms with Gasteiger partial charge in [0.25, 0.3) is 5.91 Å². The summed E-state index contributed by atoms with van der Waals surface area (Å²) in [7, 11) is -1.45. The summed E-state index contributed by atoms with van der Waals surface area (Å²) in [5.74, 6) is 0.716. The van der Waals surface area contributed by atoms with Crippen molar-refractivity contribution in [2.75, 3.05) is 25.2 Å². The number of nitrogens with one attached hydrogen (secondary N) is 1. The summed E-state index contributed by atoms with van der Waals surface area (Å²) in [4.78, 5) is 12.7. The third-order valence-electron chi connectivity index (χ3n) is 5.45. The van der Waals surface area contributed by atoms with Gasteiger partial charge in [-0.15, -0.1) is 0 Å². The first kappa shape index (κ1) is 21.1. The Balaban J connectivity index is 1.50. The van der Waals surface area contributed by atoms with Crippen LogP contribution in [0.5, 0.6) is 5.75 Å². The maximum Gasteiger partial charge on any atom is 0.271 e. The van der Waals surface area contributed by atoms with E-state index in [0.717, 1.165) is 22.6 Å². The average molecular weight is 440 g/mol. The van der Waals surface area contributed by atoms with E-state index in [1.807, 2.05) is 54.6 Å². The Labute approximate surface area is 182 Å². The van der Waals surface area contributed by atoms with Crippen LogP contribution >= 0.6 is 0 Å². The minimum absolute atomic E-state index is 0.0487. The van der Waals surface area contributed by atoms with E-state index in [2.05, 4.69) is 10.4 Å². The summed E-state index contributed by atoms with van der Waals surface area (Å²) in [5.41, 5.74) is 3.03. The molecule has 0 bridgehead atoms. The molecule has 1 aromatic heterocycles. The van der Waals surface area contributed by atoms with E-state index in [0.29, 0.717) is 19.4 Å². The zero-order chi connectivity index (χ0) is 21.8. The molecule has 1 fully saturated rings. The van der Waals surface area contributed by atoms with Gasteiger partial charge in [0, 0.05) is 6.54 Å². The minimum Gasteiger partial charge on any atom is -0.497 e. The highest BCUT2D eigenvalue weighted by atomic mass is 32.2. The van der Waals surface area contributed by atoms with Crippen LogP contribution in [0.25, 0.3) is 11.3 Å². The van der Waals surface area contributed by atoms with E-state index >= 15 is 0 Å². The highest BCUT2D eigenvalue weighted by Crippen LogP contribution is 2.30. The quantitative estimate of drug-likeness (QED) is 0.611. The lowest BCUT2D eigenvalue weighted by molar-refractivity contribution is 0.0948. The lowest BCUT2D eigenvalue weighted by atomic mass is 10.1. The molecule has 1 atom stereocenters. The summed E-state index contributed by atoms with van der Waals surface area (Å²) in [6.45, 7) is 0.469. The number of benzene rings is 2. The van der Waals surface area contributed by atoms with Gasteiger partial charge in [0.05, 0.1) is 30.4 Å². The van der Waals surface area contributed by atoms with Crippen molar-refractivity contribution in [2.45, 2.75) is 18.9 Å². The van der Waals surface area contributed by atoms with Gasteiger partial charge in [-0.05, 0) is 42.2 Å². The van der Waals surface area contributed by atoms with Crippen molar-refractivity contribution in [2.24, 2.45) is 0 Å². The van der Waals surface area contributed by atoms with Gasteiger partial charge >= 0.3 is 0 Å². The van der Waals surface area contributed by atoms with Crippen molar-refractivity contribution in [3.63, 3.8) is 0 Å². The van der Waals surface area contributed by atoms with Crippen LogP contribution in [0.15, 0.2) is 60.7 Å². The number of hydrogen-bond acceptors (Lipinski definition) is 5. The third-order valence-corrected chi connectivity index (χ3v) is 7.20. The van der Waals surface area contributed by atoms with Crippen molar-refractivity contribution >= 4 is 15.7 Å². The second kappa shape index (κ2) is 8.93. The van der Waals surface area contributed by atoms with Crippen molar-refractivity contribution < 1.29 is 17.9 Å². The van der Waals surface area contributed by atoms with Crippen LogP contribution in [0.2, 0.25) is 0 Å². The molecular weight excluding hydrogens is 414 g/mol. The molecule has 1 aliphatic rings. The van der Waals surface area contributed by atoms with Crippen LogP contribution in [0.1, 0.15) is 28.5 Å². The molecule has 1 aliphatic heterocycles. The summed E-state index contributed by atoms with van der Waals surface area (Å²) in [6.07, 6.45) is 1.19. The van der Waals surface area contributed by atoms with Crippen LogP contribution in [0.4, 0.5) is 0 Å². The first-order valence-corrected chi connectivity index (χ1v) is 12.0. The van der Waals surface area contributed by atoms with E-state index < -0.39 is 9.84 Å². The predicted molar refractivity (Wildman–Crippen MR) is 119 cm³/mol. The van der Waals surface area contributed by atoms with Crippen molar-refractivity contribution in [3.8, 4) is 17.0 Å². The number of rotatable bonds is 7. The molecule has 3 aromatic rings. The van der Waals surface area contributed by atoms with Crippen LogP contribution in [-0.4, -0.2) is 49.3 Å². The zero-order valence-electron chi connectivity index (χ0n) is 17.3. The number of ether oxygens (including phenoxy) is 1. The standard InChI is InChI=1S/C23H25N3O4S/c1-30-20-9-7-17(8-10-20)11-13-24-23(27)21-15-22(18-5-3-2-4-6-18)26(25-21)19-12-14-31(28,29)16-19/h2-10,15,19H,11-14,16H2,1H3,(H,24,27)/t19-/m1/s1. The Morgan fingerprint density at radius 2 is 1.90 bits per heavy atom. The number of hydrogen-bond donors (Lipinski definition) is 1. The number of sulfone groups is 1. The van der Waals surface area contributed by atoms with Crippen molar-refractivity contribution in [1.29, 1.82) is 0 Å². The van der Waals surface area contributed by atoms with Crippen LogP contribution in [0, 0.1) is 0 Å². The number of amides is 1. The second-order valence-electron chi connectivity index (χ2n) is 7.64. The lowest BCUT2D eigenvalue weighted by Gasteiger charge is -2.13. The monoisotopic (exact) mass is 439 g/mol. The Kier molecular flexibility index (Phi) is 6.08. The molecule has 4 rings (SSSR count). The molecule has 1 N–H and O–H groups in total. The Morgan fingerprint density at radius 3 is 2.55 bits per heavy atom. The van der Waals surface area contributed by atoms with Gasteiger partial charge < -0.3 is 10.1 Å². The summed E-state index contributed by atoms with van der Waals surface area (Å²) < 4.78 is 30.8. The van der Waals surface area contributed by atoms with E-state index in [4.69, 9.17) is 4.74 Å². The molecule has 162 valence electrons. The van der Waals surface area contributed by atoms with E-state index in [-0.39, 0.29) is 29.1 Å². The fourth-order valence-corrected chi connectivity index (χ4v) is 5.47. The summed E-state index contributed by atoms with van der Waals surface area (Å²) in [6, 6.07) is 18.8. The van der Waals surface area contributed by atoms with E-state index in [1.165, 1.54) is 0 Å². The first-order chi connectivity index (χ1) is 14.9. The van der Waals surface area contributed by atoms with Gasteiger partial charge in [0.2, 0.25) is 0 Å². The number of methoxy groups -OCH3 is 1. The van der Waals surface area contributed by atoms with E-state index in [1.54, 1.807) is 17.9 Å². The van der Waals surface area contributed by atoms with Crippen LogP contribution in [0.3, 0.4) is 0 Å². The molecule has 0 aliphatic carbocycles. The Hall–Kier alpha value is -3.13. The molecule has 0 radical (unpaired) electrons. The largest absolute Gasteiger partial charge is 0.497 e. The van der Waals surface area contributed by atoms with Gasteiger partial charge in [0.15, 0.2) is 15.5 Å². The molecule has 2 aromatic carbocycles. The first-order valence-electron chi connectivity index (χ1n) is 10.2. The summed E-state index contributed by atoms with van der Waals surface area (Å²) >= 11 is 0. The highest BCUT2D eigenvalue weighted by Gasteiger charge is 2.32. The second-order valence-corrected chi connectivity index (χ2v) is 9.86. The van der Waals surface area contributed by atoms with Gasteiger partial charge in [0.1, 0.15) is 5.75 Å². The maximum absolute atomic E-state index is 12.7. The molecule has 2 heterocycles. The number of carbonyl (C=O) groups is 1. The maximum atomic E-state index is 12.7. The topological polar surface area (TPSA) is 90.3 Å². The smallest absolute Gasteiger partial charge is 0.271 e. The van der Waals surface area contributed by atoms with Gasteiger partial charge in [-0.1, -0.05) is 42.5 Å². The Bertz CT molecular complexity index is 1160. The lowest BCUT2D eigenvalue weighted by Crippen LogP contribution is -2.26. The fourth-order valence-electron chi connectivity index (χ4n) is 3.78. The number of aromatic nitrogens is 2. The number of carbonyl (C=O) groups excluding carboxylic acids is 1. The summed E-state index contributed by atoms with van der Waals surface area (Å²) in [5, 5.41) is 7.42. The normalized spacial score (nSPS) is 17.4. The van der Waals surface area contributed by atoms with Crippen LogP contribution in [-0.2, 0) is 16.3 Å².